The number of benzene rings is 2. The van der Waals surface area contributed by atoms with Gasteiger partial charge in [-0.2, -0.15) is 0 Å². The molecule has 2 aromatic rings. The lowest BCUT2D eigenvalue weighted by molar-refractivity contribution is 0.274. The Kier molecular flexibility index (Phi) is 4.86. The topological polar surface area (TPSA) is 29.5 Å². The van der Waals surface area contributed by atoms with Gasteiger partial charge in [-0.05, 0) is 42.2 Å². The summed E-state index contributed by atoms with van der Waals surface area (Å²) in [5.41, 5.74) is 2.17. The number of aliphatic hydroxyl groups excluding tert-OH is 1. The maximum Gasteiger partial charge on any atom is 0.168 e. The first-order valence-electron chi connectivity index (χ1n) is 6.80. The zero-order chi connectivity index (χ0) is 15.6. The normalized spacial score (nSPS) is 11.0. The van der Waals surface area contributed by atoms with E-state index in [4.69, 9.17) is 16.3 Å². The smallest absolute Gasteiger partial charge is 0.168 e. The first kappa shape index (κ1) is 15.8. The number of para-hydroxylation sites is 1. The molecule has 1 N–H and O–H groups in total. The molecule has 0 saturated heterocycles. The fourth-order valence-electron chi connectivity index (χ4n) is 2.12. The lowest BCUT2D eigenvalue weighted by Crippen LogP contribution is -1.98. The Labute approximate surface area is 129 Å². The molecule has 0 atom stereocenters. The zero-order valence-electron chi connectivity index (χ0n) is 12.3. The predicted octanol–water partition coefficient (Wildman–Crippen LogP) is 5.20. The third-order valence-corrected chi connectivity index (χ3v) is 3.67. The summed E-state index contributed by atoms with van der Waals surface area (Å²) in [6, 6.07) is 8.12. The van der Waals surface area contributed by atoms with Gasteiger partial charge in [0, 0.05) is 10.6 Å². The van der Waals surface area contributed by atoms with Gasteiger partial charge < -0.3 is 9.84 Å². The second kappa shape index (κ2) is 6.46. The van der Waals surface area contributed by atoms with Crippen molar-refractivity contribution >= 4 is 11.6 Å². The van der Waals surface area contributed by atoms with Gasteiger partial charge in [-0.3, -0.25) is 0 Å². The van der Waals surface area contributed by atoms with E-state index in [2.05, 4.69) is 0 Å². The molecule has 0 unspecified atom stereocenters. The molecule has 2 aromatic carbocycles. The first-order chi connectivity index (χ1) is 9.93. The summed E-state index contributed by atoms with van der Waals surface area (Å²) in [5, 5.41) is 9.98. The van der Waals surface area contributed by atoms with E-state index >= 15 is 0 Å². The second-order valence-electron chi connectivity index (χ2n) is 5.28. The maximum atomic E-state index is 13.9. The van der Waals surface area contributed by atoms with Crippen molar-refractivity contribution in [1.82, 2.24) is 0 Å². The van der Waals surface area contributed by atoms with Crippen LogP contribution in [0.3, 0.4) is 0 Å². The van der Waals surface area contributed by atoms with Crippen LogP contribution in [0.4, 0.5) is 4.39 Å². The van der Waals surface area contributed by atoms with Gasteiger partial charge in [0.25, 0.3) is 0 Å². The summed E-state index contributed by atoms with van der Waals surface area (Å²) in [7, 11) is 0. The van der Waals surface area contributed by atoms with Crippen molar-refractivity contribution in [2.24, 2.45) is 0 Å². The Balaban J connectivity index is 2.47. The van der Waals surface area contributed by atoms with Gasteiger partial charge in [-0.1, -0.05) is 37.6 Å². The number of halogens is 2. The van der Waals surface area contributed by atoms with Gasteiger partial charge in [-0.15, -0.1) is 0 Å². The summed E-state index contributed by atoms with van der Waals surface area (Å²) < 4.78 is 19.6. The van der Waals surface area contributed by atoms with Crippen LogP contribution in [0.5, 0.6) is 11.5 Å². The van der Waals surface area contributed by atoms with E-state index in [9.17, 15) is 9.50 Å². The lowest BCUT2D eigenvalue weighted by atomic mass is 10.0. The van der Waals surface area contributed by atoms with Crippen molar-refractivity contribution in [3.8, 4) is 11.5 Å². The van der Waals surface area contributed by atoms with Crippen LogP contribution in [-0.2, 0) is 6.61 Å². The van der Waals surface area contributed by atoms with Crippen molar-refractivity contribution in [3.63, 3.8) is 0 Å². The fraction of sp³-hybridized carbons (Fsp3) is 0.294. The number of hydrogen-bond acceptors (Lipinski definition) is 2. The minimum Gasteiger partial charge on any atom is -0.454 e. The molecule has 0 aromatic heterocycles. The van der Waals surface area contributed by atoms with E-state index in [1.807, 2.05) is 32.9 Å². The molecule has 0 bridgehead atoms. The van der Waals surface area contributed by atoms with Crippen LogP contribution in [0.25, 0.3) is 0 Å². The minimum absolute atomic E-state index is 0.0557. The van der Waals surface area contributed by atoms with E-state index in [0.29, 0.717) is 16.3 Å². The van der Waals surface area contributed by atoms with Crippen molar-refractivity contribution in [3.05, 3.63) is 57.9 Å². The molecule has 0 radical (unpaired) electrons. The van der Waals surface area contributed by atoms with Crippen LogP contribution in [0, 0.1) is 12.7 Å². The van der Waals surface area contributed by atoms with Gasteiger partial charge in [0.1, 0.15) is 5.75 Å². The standard InChI is InChI=1S/C17H18ClFO2/c1-10(2)13-8-16(11(3)7-14(13)18)21-17-12(9-20)5-4-6-15(17)19/h4-8,10,20H,9H2,1-3H3. The summed E-state index contributed by atoms with van der Waals surface area (Å²) in [6.07, 6.45) is 0. The average Bonchev–Trinajstić information content (AvgIpc) is 2.43. The molecule has 0 aliphatic rings. The largest absolute Gasteiger partial charge is 0.454 e. The SMILES string of the molecule is Cc1cc(Cl)c(C(C)C)cc1Oc1c(F)cccc1CO. The van der Waals surface area contributed by atoms with Crippen molar-refractivity contribution in [2.75, 3.05) is 0 Å². The molecule has 0 saturated carbocycles. The van der Waals surface area contributed by atoms with E-state index in [0.717, 1.165) is 11.1 Å². The van der Waals surface area contributed by atoms with E-state index in [1.165, 1.54) is 6.07 Å². The molecule has 0 heterocycles. The van der Waals surface area contributed by atoms with Crippen molar-refractivity contribution in [1.29, 1.82) is 0 Å². The maximum absolute atomic E-state index is 13.9. The molecule has 2 rings (SSSR count). The van der Waals surface area contributed by atoms with E-state index < -0.39 is 5.82 Å². The summed E-state index contributed by atoms with van der Waals surface area (Å²) >= 11 is 6.22. The van der Waals surface area contributed by atoms with Gasteiger partial charge >= 0.3 is 0 Å². The molecule has 0 amide bonds. The number of hydrogen-bond donors (Lipinski definition) is 1. The lowest BCUT2D eigenvalue weighted by Gasteiger charge is -2.16. The van der Waals surface area contributed by atoms with Gasteiger partial charge in [-0.25, -0.2) is 4.39 Å². The Morgan fingerprint density at radius 1 is 1.29 bits per heavy atom. The molecule has 112 valence electrons. The molecule has 2 nitrogen and oxygen atoms in total. The monoisotopic (exact) mass is 308 g/mol. The molecule has 0 aliphatic carbocycles. The third-order valence-electron chi connectivity index (χ3n) is 3.35. The molecule has 4 heteroatoms. The Morgan fingerprint density at radius 2 is 2.00 bits per heavy atom. The molecule has 0 spiro atoms. The fourth-order valence-corrected chi connectivity index (χ4v) is 2.56. The molecular weight excluding hydrogens is 291 g/mol. The second-order valence-corrected chi connectivity index (χ2v) is 5.69. The van der Waals surface area contributed by atoms with Crippen LogP contribution in [0.1, 0.15) is 36.5 Å². The quantitative estimate of drug-likeness (QED) is 0.841. The number of aliphatic hydroxyl groups is 1. The van der Waals surface area contributed by atoms with Crippen LogP contribution in [0.15, 0.2) is 30.3 Å². The Hall–Kier alpha value is -1.58. The molecule has 0 aliphatic heterocycles. The van der Waals surface area contributed by atoms with Crippen LogP contribution in [-0.4, -0.2) is 5.11 Å². The first-order valence-corrected chi connectivity index (χ1v) is 7.18. The minimum atomic E-state index is -0.498. The highest BCUT2D eigenvalue weighted by Crippen LogP contribution is 2.35. The van der Waals surface area contributed by atoms with E-state index in [-0.39, 0.29) is 18.3 Å². The highest BCUT2D eigenvalue weighted by Gasteiger charge is 2.14. The number of ether oxygens (including phenoxy) is 1. The molecular formula is C17H18ClFO2. The number of rotatable bonds is 4. The predicted molar refractivity (Wildman–Crippen MR) is 82.7 cm³/mol. The highest BCUT2D eigenvalue weighted by atomic mass is 35.5. The van der Waals surface area contributed by atoms with Gasteiger partial charge in [0.2, 0.25) is 0 Å². The van der Waals surface area contributed by atoms with Gasteiger partial charge in [0.15, 0.2) is 11.6 Å². The Bertz CT molecular complexity index is 653. The van der Waals surface area contributed by atoms with Crippen LogP contribution >= 0.6 is 11.6 Å². The van der Waals surface area contributed by atoms with Crippen LogP contribution < -0.4 is 4.74 Å². The van der Waals surface area contributed by atoms with Gasteiger partial charge in [0.05, 0.1) is 6.61 Å². The van der Waals surface area contributed by atoms with E-state index in [1.54, 1.807) is 12.1 Å². The Morgan fingerprint density at radius 3 is 2.62 bits per heavy atom. The van der Waals surface area contributed by atoms with Crippen molar-refractivity contribution < 1.29 is 14.2 Å². The summed E-state index contributed by atoms with van der Waals surface area (Å²) in [4.78, 5) is 0. The van der Waals surface area contributed by atoms with Crippen LogP contribution in [0.2, 0.25) is 5.02 Å². The third kappa shape index (κ3) is 3.36. The molecule has 0 fully saturated rings. The number of aryl methyl sites for hydroxylation is 1. The molecule has 21 heavy (non-hydrogen) atoms. The highest BCUT2D eigenvalue weighted by molar-refractivity contribution is 6.31. The summed E-state index contributed by atoms with van der Waals surface area (Å²) in [5.74, 6) is 0.336. The summed E-state index contributed by atoms with van der Waals surface area (Å²) in [6.45, 7) is 5.63. The average molecular weight is 309 g/mol. The zero-order valence-corrected chi connectivity index (χ0v) is 13.0. The van der Waals surface area contributed by atoms with Crippen molar-refractivity contribution in [2.45, 2.75) is 33.3 Å².